The van der Waals surface area contributed by atoms with Crippen molar-refractivity contribution < 1.29 is 19.5 Å². The van der Waals surface area contributed by atoms with Crippen LogP contribution in [0.15, 0.2) is 35.9 Å². The number of amides is 1. The molecular weight excluding hydrogens is 326 g/mol. The second-order valence-electron chi connectivity index (χ2n) is 6.31. The molecule has 0 saturated heterocycles. The van der Waals surface area contributed by atoms with E-state index in [0.29, 0.717) is 5.57 Å². The first-order chi connectivity index (χ1) is 11.2. The standard InChI is InChI=1S/C18H23NO4S/c1-18(2,3)17(23)24-12-14(11-13-7-5-4-6-8-13)16(22)19-10-9-15(20)21/h4-8,11H,9-10,12H2,1-3H3,(H,19,22)(H,20,21)/b14-11-. The highest BCUT2D eigenvalue weighted by Gasteiger charge is 2.23. The summed E-state index contributed by atoms with van der Waals surface area (Å²) in [6, 6.07) is 9.32. The van der Waals surface area contributed by atoms with Crippen LogP contribution in [0.4, 0.5) is 0 Å². The van der Waals surface area contributed by atoms with Crippen LogP contribution in [-0.4, -0.2) is 34.4 Å². The van der Waals surface area contributed by atoms with Crippen LogP contribution in [0.25, 0.3) is 6.08 Å². The van der Waals surface area contributed by atoms with Crippen molar-refractivity contribution in [3.05, 3.63) is 41.5 Å². The Labute approximate surface area is 146 Å². The van der Waals surface area contributed by atoms with E-state index < -0.39 is 11.4 Å². The van der Waals surface area contributed by atoms with E-state index in [0.717, 1.165) is 17.3 Å². The van der Waals surface area contributed by atoms with E-state index in [9.17, 15) is 14.4 Å². The maximum Gasteiger partial charge on any atom is 0.305 e. The van der Waals surface area contributed by atoms with Gasteiger partial charge in [-0.05, 0) is 11.6 Å². The van der Waals surface area contributed by atoms with E-state index in [-0.39, 0.29) is 29.7 Å². The van der Waals surface area contributed by atoms with Crippen LogP contribution in [0, 0.1) is 5.41 Å². The Morgan fingerprint density at radius 3 is 2.33 bits per heavy atom. The summed E-state index contributed by atoms with van der Waals surface area (Å²) < 4.78 is 0. The molecule has 6 heteroatoms. The number of aliphatic carboxylic acids is 1. The number of rotatable bonds is 7. The van der Waals surface area contributed by atoms with Gasteiger partial charge in [-0.2, -0.15) is 0 Å². The smallest absolute Gasteiger partial charge is 0.305 e. The van der Waals surface area contributed by atoms with Crippen molar-refractivity contribution >= 4 is 34.8 Å². The highest BCUT2D eigenvalue weighted by molar-refractivity contribution is 8.13. The number of carbonyl (C=O) groups is 3. The molecule has 0 aliphatic carbocycles. The molecule has 1 rings (SSSR count). The van der Waals surface area contributed by atoms with Crippen LogP contribution in [0.2, 0.25) is 0 Å². The molecule has 0 fully saturated rings. The van der Waals surface area contributed by atoms with Gasteiger partial charge in [0.05, 0.1) is 6.42 Å². The SMILES string of the molecule is CC(C)(C)C(=O)SC/C(=C/c1ccccc1)C(=O)NCCC(=O)O. The third kappa shape index (κ3) is 7.46. The number of hydrogen-bond acceptors (Lipinski definition) is 4. The lowest BCUT2D eigenvalue weighted by molar-refractivity contribution is -0.136. The van der Waals surface area contributed by atoms with Crippen molar-refractivity contribution in [2.45, 2.75) is 27.2 Å². The fourth-order valence-electron chi connectivity index (χ4n) is 1.68. The van der Waals surface area contributed by atoms with Crippen LogP contribution in [-0.2, 0) is 14.4 Å². The van der Waals surface area contributed by atoms with Crippen LogP contribution in [0.3, 0.4) is 0 Å². The summed E-state index contributed by atoms with van der Waals surface area (Å²) in [5.41, 5.74) is 0.807. The molecule has 0 saturated carbocycles. The molecule has 1 aromatic carbocycles. The van der Waals surface area contributed by atoms with Gasteiger partial charge in [-0.1, -0.05) is 62.9 Å². The number of thioether (sulfide) groups is 1. The lowest BCUT2D eigenvalue weighted by atomic mass is 10.00. The molecule has 0 aliphatic heterocycles. The third-order valence-electron chi connectivity index (χ3n) is 3.03. The molecule has 0 heterocycles. The van der Waals surface area contributed by atoms with E-state index in [1.165, 1.54) is 0 Å². The minimum atomic E-state index is -0.971. The lowest BCUT2D eigenvalue weighted by Crippen LogP contribution is -2.28. The monoisotopic (exact) mass is 349 g/mol. The summed E-state index contributed by atoms with van der Waals surface area (Å²) in [5, 5.41) is 11.2. The molecule has 1 aromatic rings. The summed E-state index contributed by atoms with van der Waals surface area (Å²) in [7, 11) is 0. The van der Waals surface area contributed by atoms with E-state index in [2.05, 4.69) is 5.32 Å². The predicted octanol–water partition coefficient (Wildman–Crippen LogP) is 2.97. The molecule has 0 unspecified atom stereocenters. The Hall–Kier alpha value is -2.08. The molecule has 130 valence electrons. The van der Waals surface area contributed by atoms with Gasteiger partial charge in [0, 0.05) is 23.3 Å². The molecule has 0 aromatic heterocycles. The molecule has 2 N–H and O–H groups in total. The molecule has 0 aliphatic rings. The van der Waals surface area contributed by atoms with Gasteiger partial charge in [-0.15, -0.1) is 0 Å². The highest BCUT2D eigenvalue weighted by Crippen LogP contribution is 2.25. The number of nitrogens with one attached hydrogen (secondary N) is 1. The molecule has 0 radical (unpaired) electrons. The van der Waals surface area contributed by atoms with Gasteiger partial charge in [0.1, 0.15) is 0 Å². The van der Waals surface area contributed by atoms with Crippen LogP contribution < -0.4 is 5.32 Å². The van der Waals surface area contributed by atoms with Crippen LogP contribution >= 0.6 is 11.8 Å². The van der Waals surface area contributed by atoms with Gasteiger partial charge in [0.15, 0.2) is 5.12 Å². The topological polar surface area (TPSA) is 83.5 Å². The Morgan fingerprint density at radius 2 is 1.79 bits per heavy atom. The second kappa shape index (κ2) is 9.27. The van der Waals surface area contributed by atoms with Gasteiger partial charge < -0.3 is 10.4 Å². The molecule has 1 amide bonds. The zero-order valence-electron chi connectivity index (χ0n) is 14.2. The van der Waals surface area contributed by atoms with Gasteiger partial charge >= 0.3 is 5.97 Å². The average molecular weight is 349 g/mol. The summed E-state index contributed by atoms with van der Waals surface area (Å²) >= 11 is 1.09. The van der Waals surface area contributed by atoms with Crippen LogP contribution in [0.1, 0.15) is 32.8 Å². The first-order valence-electron chi connectivity index (χ1n) is 7.63. The van der Waals surface area contributed by atoms with Crippen molar-refractivity contribution in [1.29, 1.82) is 0 Å². The highest BCUT2D eigenvalue weighted by atomic mass is 32.2. The average Bonchev–Trinajstić information content (AvgIpc) is 2.50. The number of hydrogen-bond donors (Lipinski definition) is 2. The predicted molar refractivity (Wildman–Crippen MR) is 96.6 cm³/mol. The van der Waals surface area contributed by atoms with E-state index in [4.69, 9.17) is 5.11 Å². The molecule has 24 heavy (non-hydrogen) atoms. The Balaban J connectivity index is 2.83. The number of carboxylic acids is 1. The Bertz CT molecular complexity index is 618. The van der Waals surface area contributed by atoms with E-state index >= 15 is 0 Å². The van der Waals surface area contributed by atoms with Crippen molar-refractivity contribution in [1.82, 2.24) is 5.32 Å². The quantitative estimate of drug-likeness (QED) is 0.740. The molecule has 0 bridgehead atoms. The number of benzene rings is 1. The van der Waals surface area contributed by atoms with Crippen LogP contribution in [0.5, 0.6) is 0 Å². The van der Waals surface area contributed by atoms with Gasteiger partial charge in [-0.3, -0.25) is 14.4 Å². The second-order valence-corrected chi connectivity index (χ2v) is 7.25. The minimum absolute atomic E-state index is 0.000187. The van der Waals surface area contributed by atoms with Crippen molar-refractivity contribution in [2.75, 3.05) is 12.3 Å². The largest absolute Gasteiger partial charge is 0.481 e. The normalized spacial score (nSPS) is 11.9. The number of carbonyl (C=O) groups excluding carboxylic acids is 2. The third-order valence-corrected chi connectivity index (χ3v) is 4.36. The molecule has 5 nitrogen and oxygen atoms in total. The molecule has 0 atom stereocenters. The first kappa shape index (κ1) is 20.0. The van der Waals surface area contributed by atoms with Gasteiger partial charge in [0.2, 0.25) is 5.91 Å². The lowest BCUT2D eigenvalue weighted by Gasteiger charge is -2.16. The summed E-state index contributed by atoms with van der Waals surface area (Å²) in [6.45, 7) is 5.54. The summed E-state index contributed by atoms with van der Waals surface area (Å²) in [5.74, 6) is -1.08. The summed E-state index contributed by atoms with van der Waals surface area (Å²) in [4.78, 5) is 34.9. The molecular formula is C18H23NO4S. The Morgan fingerprint density at radius 1 is 1.17 bits per heavy atom. The minimum Gasteiger partial charge on any atom is -0.481 e. The van der Waals surface area contributed by atoms with Crippen molar-refractivity contribution in [3.63, 3.8) is 0 Å². The van der Waals surface area contributed by atoms with Gasteiger partial charge in [-0.25, -0.2) is 0 Å². The maximum absolute atomic E-state index is 12.3. The maximum atomic E-state index is 12.3. The first-order valence-corrected chi connectivity index (χ1v) is 8.61. The van der Waals surface area contributed by atoms with Gasteiger partial charge in [0.25, 0.3) is 0 Å². The van der Waals surface area contributed by atoms with Crippen molar-refractivity contribution in [3.8, 4) is 0 Å². The van der Waals surface area contributed by atoms with E-state index in [1.54, 1.807) is 6.08 Å². The van der Waals surface area contributed by atoms with Crippen molar-refractivity contribution in [2.24, 2.45) is 5.41 Å². The Kier molecular flexibility index (Phi) is 7.71. The molecule has 0 spiro atoms. The zero-order valence-corrected chi connectivity index (χ0v) is 15.0. The summed E-state index contributed by atoms with van der Waals surface area (Å²) in [6.07, 6.45) is 1.58. The zero-order chi connectivity index (χ0) is 18.2. The fraction of sp³-hybridized carbons (Fsp3) is 0.389. The fourth-order valence-corrected chi connectivity index (χ4v) is 2.61. The number of carboxylic acid groups (broad SMARTS) is 1. The van der Waals surface area contributed by atoms with E-state index in [1.807, 2.05) is 51.1 Å².